The average molecular weight is 277 g/mol. The van der Waals surface area contributed by atoms with E-state index in [9.17, 15) is 0 Å². The van der Waals surface area contributed by atoms with Gasteiger partial charge in [0, 0.05) is 7.11 Å². The molecule has 3 nitrogen and oxygen atoms in total. The van der Waals surface area contributed by atoms with Crippen LogP contribution < -0.4 is 11.3 Å². The summed E-state index contributed by atoms with van der Waals surface area (Å²) >= 11 is 12.2. The number of benzene rings is 1. The molecule has 0 aromatic heterocycles. The fourth-order valence-electron chi connectivity index (χ4n) is 1.80. The molecule has 96 valence electrons. The van der Waals surface area contributed by atoms with E-state index in [1.807, 2.05) is 26.0 Å². The fraction of sp³-hybridized carbons (Fsp3) is 0.500. The zero-order valence-corrected chi connectivity index (χ0v) is 11.8. The van der Waals surface area contributed by atoms with E-state index >= 15 is 0 Å². The van der Waals surface area contributed by atoms with Crippen LogP contribution in [0.1, 0.15) is 31.9 Å². The van der Waals surface area contributed by atoms with Gasteiger partial charge in [-0.1, -0.05) is 42.3 Å². The van der Waals surface area contributed by atoms with Crippen LogP contribution in [0.25, 0.3) is 0 Å². The monoisotopic (exact) mass is 276 g/mol. The fourth-order valence-corrected chi connectivity index (χ4v) is 2.22. The molecular formula is C12H18Cl2N2O. The Labute approximate surface area is 112 Å². The number of ether oxygens (including phenoxy) is 1. The summed E-state index contributed by atoms with van der Waals surface area (Å²) in [6, 6.07) is 5.27. The van der Waals surface area contributed by atoms with Gasteiger partial charge < -0.3 is 4.74 Å². The lowest BCUT2D eigenvalue weighted by molar-refractivity contribution is -0.0300. The van der Waals surface area contributed by atoms with Crippen LogP contribution in [-0.4, -0.2) is 12.7 Å². The number of methoxy groups -OCH3 is 1. The highest BCUT2D eigenvalue weighted by atomic mass is 35.5. The minimum Gasteiger partial charge on any atom is -0.376 e. The lowest BCUT2D eigenvalue weighted by Gasteiger charge is -2.36. The molecule has 0 bridgehead atoms. The van der Waals surface area contributed by atoms with Crippen molar-refractivity contribution in [1.29, 1.82) is 0 Å². The Morgan fingerprint density at radius 2 is 2.12 bits per heavy atom. The number of hydrogen-bond acceptors (Lipinski definition) is 3. The molecule has 2 atom stereocenters. The van der Waals surface area contributed by atoms with Crippen molar-refractivity contribution < 1.29 is 4.74 Å². The second kappa shape index (κ2) is 6.03. The molecule has 0 spiro atoms. The molecule has 0 aliphatic carbocycles. The molecule has 0 saturated carbocycles. The van der Waals surface area contributed by atoms with Crippen LogP contribution in [0.2, 0.25) is 10.0 Å². The van der Waals surface area contributed by atoms with Gasteiger partial charge in [0.15, 0.2) is 0 Å². The zero-order valence-electron chi connectivity index (χ0n) is 10.3. The number of halogens is 2. The van der Waals surface area contributed by atoms with E-state index in [1.165, 1.54) is 0 Å². The summed E-state index contributed by atoms with van der Waals surface area (Å²) in [4.78, 5) is 0. The molecule has 0 radical (unpaired) electrons. The second-order valence-corrected chi connectivity index (χ2v) is 4.90. The van der Waals surface area contributed by atoms with Crippen LogP contribution in [0.3, 0.4) is 0 Å². The van der Waals surface area contributed by atoms with Crippen molar-refractivity contribution in [3.8, 4) is 0 Å². The van der Waals surface area contributed by atoms with Crippen molar-refractivity contribution in [1.82, 2.24) is 5.43 Å². The van der Waals surface area contributed by atoms with E-state index in [1.54, 1.807) is 13.2 Å². The van der Waals surface area contributed by atoms with E-state index in [2.05, 4.69) is 5.43 Å². The molecule has 5 heteroatoms. The predicted molar refractivity (Wildman–Crippen MR) is 72.2 cm³/mol. The Morgan fingerprint density at radius 3 is 2.59 bits per heavy atom. The molecule has 0 aliphatic rings. The molecule has 0 heterocycles. The summed E-state index contributed by atoms with van der Waals surface area (Å²) in [6.07, 6.45) is 0.793. The first kappa shape index (κ1) is 14.7. The third-order valence-corrected chi connectivity index (χ3v) is 4.07. The summed E-state index contributed by atoms with van der Waals surface area (Å²) in [6.45, 7) is 4.01. The van der Waals surface area contributed by atoms with Gasteiger partial charge in [-0.2, -0.15) is 0 Å². The Hall–Kier alpha value is -0.320. The Balaban J connectivity index is 3.22. The Kier molecular flexibility index (Phi) is 5.22. The maximum Gasteiger partial charge on any atom is 0.0855 e. The van der Waals surface area contributed by atoms with Gasteiger partial charge in [-0.3, -0.25) is 11.3 Å². The van der Waals surface area contributed by atoms with Gasteiger partial charge in [-0.25, -0.2) is 0 Å². The van der Waals surface area contributed by atoms with E-state index < -0.39 is 5.60 Å². The van der Waals surface area contributed by atoms with Gasteiger partial charge in [0.05, 0.1) is 21.7 Å². The van der Waals surface area contributed by atoms with E-state index in [4.69, 9.17) is 33.8 Å². The molecule has 3 N–H and O–H groups in total. The summed E-state index contributed by atoms with van der Waals surface area (Å²) < 4.78 is 5.55. The Bertz CT molecular complexity index is 381. The van der Waals surface area contributed by atoms with Gasteiger partial charge in [-0.15, -0.1) is 0 Å². The third-order valence-electron chi connectivity index (χ3n) is 3.24. The molecule has 0 amide bonds. The van der Waals surface area contributed by atoms with Gasteiger partial charge in [0.1, 0.15) is 0 Å². The van der Waals surface area contributed by atoms with Crippen molar-refractivity contribution in [2.75, 3.05) is 7.11 Å². The third kappa shape index (κ3) is 2.92. The molecular weight excluding hydrogens is 259 g/mol. The molecule has 0 saturated heterocycles. The number of hydrogen-bond donors (Lipinski definition) is 2. The van der Waals surface area contributed by atoms with Crippen molar-refractivity contribution in [3.05, 3.63) is 33.8 Å². The first-order valence-corrected chi connectivity index (χ1v) is 6.21. The number of rotatable bonds is 5. The second-order valence-electron chi connectivity index (χ2n) is 4.11. The summed E-state index contributed by atoms with van der Waals surface area (Å²) in [5, 5.41) is 1.02. The molecule has 1 aromatic rings. The lowest BCUT2D eigenvalue weighted by Crippen LogP contribution is -2.45. The van der Waals surface area contributed by atoms with Crippen LogP contribution in [0.5, 0.6) is 0 Å². The number of hydrazine groups is 1. The highest BCUT2D eigenvalue weighted by Gasteiger charge is 2.34. The summed E-state index contributed by atoms with van der Waals surface area (Å²) in [5.74, 6) is 5.63. The standard InChI is InChI=1S/C12H18Cl2N2O/c1-4-12(2,17-3)11(16-15)8-6-5-7-9(13)10(8)14/h5-7,11,16H,4,15H2,1-3H3. The smallest absolute Gasteiger partial charge is 0.0855 e. The Morgan fingerprint density at radius 1 is 1.47 bits per heavy atom. The van der Waals surface area contributed by atoms with Crippen LogP contribution >= 0.6 is 23.2 Å². The minimum atomic E-state index is -0.441. The van der Waals surface area contributed by atoms with Gasteiger partial charge >= 0.3 is 0 Å². The number of nitrogens with one attached hydrogen (secondary N) is 1. The van der Waals surface area contributed by atoms with Gasteiger partial charge in [0.2, 0.25) is 0 Å². The quantitative estimate of drug-likeness (QED) is 0.641. The molecule has 0 fully saturated rings. The molecule has 2 unspecified atom stereocenters. The van der Waals surface area contributed by atoms with Crippen LogP contribution in [-0.2, 0) is 4.74 Å². The minimum absolute atomic E-state index is 0.219. The highest BCUT2D eigenvalue weighted by molar-refractivity contribution is 6.42. The molecule has 0 aliphatic heterocycles. The predicted octanol–water partition coefficient (Wildman–Crippen LogP) is 3.31. The molecule has 1 aromatic carbocycles. The summed E-state index contributed by atoms with van der Waals surface area (Å²) in [5.41, 5.74) is 3.16. The van der Waals surface area contributed by atoms with Crippen molar-refractivity contribution in [2.45, 2.75) is 31.9 Å². The molecule has 1 rings (SSSR count). The van der Waals surface area contributed by atoms with E-state index in [0.717, 1.165) is 12.0 Å². The average Bonchev–Trinajstić information content (AvgIpc) is 2.35. The maximum atomic E-state index is 6.20. The lowest BCUT2D eigenvalue weighted by atomic mass is 9.88. The maximum absolute atomic E-state index is 6.20. The van der Waals surface area contributed by atoms with Crippen molar-refractivity contribution in [2.24, 2.45) is 5.84 Å². The largest absolute Gasteiger partial charge is 0.376 e. The topological polar surface area (TPSA) is 47.3 Å². The van der Waals surface area contributed by atoms with E-state index in [0.29, 0.717) is 10.0 Å². The van der Waals surface area contributed by atoms with Crippen molar-refractivity contribution >= 4 is 23.2 Å². The van der Waals surface area contributed by atoms with Crippen LogP contribution in [0, 0.1) is 0 Å². The van der Waals surface area contributed by atoms with E-state index in [-0.39, 0.29) is 6.04 Å². The molecule has 17 heavy (non-hydrogen) atoms. The first-order chi connectivity index (χ1) is 8.00. The van der Waals surface area contributed by atoms with Gasteiger partial charge in [0.25, 0.3) is 0 Å². The highest BCUT2D eigenvalue weighted by Crippen LogP contribution is 2.37. The first-order valence-electron chi connectivity index (χ1n) is 5.45. The zero-order chi connectivity index (χ0) is 13.1. The summed E-state index contributed by atoms with van der Waals surface area (Å²) in [7, 11) is 1.66. The van der Waals surface area contributed by atoms with Crippen molar-refractivity contribution in [3.63, 3.8) is 0 Å². The van der Waals surface area contributed by atoms with Gasteiger partial charge in [-0.05, 0) is 25.0 Å². The SMILES string of the molecule is CCC(C)(OC)C(NN)c1cccc(Cl)c1Cl. The number of nitrogens with two attached hydrogens (primary N) is 1. The normalized spacial score (nSPS) is 16.6. The van der Waals surface area contributed by atoms with Crippen LogP contribution in [0.4, 0.5) is 0 Å². The van der Waals surface area contributed by atoms with Crippen LogP contribution in [0.15, 0.2) is 18.2 Å².